The van der Waals surface area contributed by atoms with Crippen molar-refractivity contribution in [1.82, 2.24) is 15.8 Å². The minimum absolute atomic E-state index is 0. The fourth-order valence-corrected chi connectivity index (χ4v) is 2.00. The number of halogens is 1. The van der Waals surface area contributed by atoms with E-state index in [0.29, 0.717) is 17.9 Å². The summed E-state index contributed by atoms with van der Waals surface area (Å²) in [6.45, 7) is 15.4. The molecule has 1 rings (SSSR count). The fourth-order valence-electron chi connectivity index (χ4n) is 2.00. The third-order valence-corrected chi connectivity index (χ3v) is 3.30. The first kappa shape index (κ1) is 22.2. The summed E-state index contributed by atoms with van der Waals surface area (Å²) < 4.78 is 5.31. The molecule has 1 heterocycles. The van der Waals surface area contributed by atoms with Crippen LogP contribution in [0.1, 0.15) is 71.8 Å². The van der Waals surface area contributed by atoms with Gasteiger partial charge in [0.2, 0.25) is 0 Å². The Kier molecular flexibility index (Phi) is 10.5. The van der Waals surface area contributed by atoms with Crippen LogP contribution >= 0.6 is 24.0 Å². The maximum atomic E-state index is 5.31. The molecule has 0 fully saturated rings. The zero-order valence-corrected chi connectivity index (χ0v) is 17.7. The van der Waals surface area contributed by atoms with Gasteiger partial charge in [0.1, 0.15) is 6.54 Å². The zero-order chi connectivity index (χ0) is 16.6. The average Bonchev–Trinajstić information content (AvgIpc) is 2.88. The van der Waals surface area contributed by atoms with E-state index in [-0.39, 0.29) is 24.0 Å². The largest absolute Gasteiger partial charge is 0.359 e. The van der Waals surface area contributed by atoms with Crippen LogP contribution in [0, 0.1) is 5.41 Å². The van der Waals surface area contributed by atoms with Crippen LogP contribution in [0.25, 0.3) is 0 Å². The van der Waals surface area contributed by atoms with Gasteiger partial charge in [-0.3, -0.25) is 0 Å². The van der Waals surface area contributed by atoms with Gasteiger partial charge in [0, 0.05) is 19.2 Å². The SMILES string of the molecule is CCNC(=NCc1cc(C(C)C)no1)NCCCC(C)(C)C.I. The van der Waals surface area contributed by atoms with Gasteiger partial charge in [-0.1, -0.05) is 39.8 Å². The Morgan fingerprint density at radius 1 is 1.30 bits per heavy atom. The highest BCUT2D eigenvalue weighted by Crippen LogP contribution is 2.19. The third-order valence-electron chi connectivity index (χ3n) is 3.30. The molecule has 0 aliphatic rings. The van der Waals surface area contributed by atoms with Gasteiger partial charge < -0.3 is 15.2 Å². The second kappa shape index (κ2) is 10.9. The van der Waals surface area contributed by atoms with E-state index in [2.05, 4.69) is 62.3 Å². The minimum Gasteiger partial charge on any atom is -0.359 e. The predicted octanol–water partition coefficient (Wildman–Crippen LogP) is 4.30. The van der Waals surface area contributed by atoms with Crippen molar-refractivity contribution >= 4 is 29.9 Å². The van der Waals surface area contributed by atoms with E-state index in [1.54, 1.807) is 0 Å². The van der Waals surface area contributed by atoms with Crippen molar-refractivity contribution < 1.29 is 4.52 Å². The average molecular weight is 436 g/mol. The topological polar surface area (TPSA) is 62.5 Å². The van der Waals surface area contributed by atoms with Crippen LogP contribution in [0.5, 0.6) is 0 Å². The molecule has 0 atom stereocenters. The van der Waals surface area contributed by atoms with Gasteiger partial charge in [0.05, 0.1) is 5.69 Å². The fraction of sp³-hybridized carbons (Fsp3) is 0.765. The van der Waals surface area contributed by atoms with E-state index in [9.17, 15) is 0 Å². The van der Waals surface area contributed by atoms with Crippen LogP contribution in [0.3, 0.4) is 0 Å². The van der Waals surface area contributed by atoms with Gasteiger partial charge in [-0.15, -0.1) is 24.0 Å². The predicted molar refractivity (Wildman–Crippen MR) is 108 cm³/mol. The molecule has 0 amide bonds. The summed E-state index contributed by atoms with van der Waals surface area (Å²) >= 11 is 0. The Morgan fingerprint density at radius 2 is 2.00 bits per heavy atom. The second-order valence-corrected chi connectivity index (χ2v) is 7.16. The summed E-state index contributed by atoms with van der Waals surface area (Å²) in [4.78, 5) is 4.55. The van der Waals surface area contributed by atoms with Crippen molar-refractivity contribution in [3.8, 4) is 0 Å². The summed E-state index contributed by atoms with van der Waals surface area (Å²) in [6, 6.07) is 1.98. The van der Waals surface area contributed by atoms with Crippen LogP contribution in [-0.4, -0.2) is 24.2 Å². The minimum atomic E-state index is 0. The van der Waals surface area contributed by atoms with Crippen LogP contribution in [-0.2, 0) is 6.54 Å². The molecule has 0 radical (unpaired) electrons. The quantitative estimate of drug-likeness (QED) is 0.290. The van der Waals surface area contributed by atoms with Crippen LogP contribution < -0.4 is 10.6 Å². The van der Waals surface area contributed by atoms with Crippen LogP contribution in [0.15, 0.2) is 15.6 Å². The molecule has 0 bridgehead atoms. The first-order valence-corrected chi connectivity index (χ1v) is 8.29. The zero-order valence-electron chi connectivity index (χ0n) is 15.4. The lowest BCUT2D eigenvalue weighted by Crippen LogP contribution is -2.38. The number of guanidine groups is 1. The van der Waals surface area contributed by atoms with Crippen molar-refractivity contribution in [2.75, 3.05) is 13.1 Å². The molecule has 0 aromatic carbocycles. The third kappa shape index (κ3) is 9.84. The summed E-state index contributed by atoms with van der Waals surface area (Å²) in [5.74, 6) is 2.01. The first-order chi connectivity index (χ1) is 10.3. The Labute approximate surface area is 158 Å². The Bertz CT molecular complexity index is 463. The Morgan fingerprint density at radius 3 is 2.52 bits per heavy atom. The van der Waals surface area contributed by atoms with Crippen molar-refractivity contribution in [1.29, 1.82) is 0 Å². The molecule has 134 valence electrons. The monoisotopic (exact) mass is 436 g/mol. The first-order valence-electron chi connectivity index (χ1n) is 8.29. The number of aliphatic imine (C=N–C) groups is 1. The molecule has 0 saturated heterocycles. The van der Waals surface area contributed by atoms with E-state index >= 15 is 0 Å². The standard InChI is InChI=1S/C17H32N4O.HI/c1-7-18-16(19-10-8-9-17(4,5)6)20-12-14-11-15(13(2)3)21-22-14;/h11,13H,7-10,12H2,1-6H3,(H2,18,19,20);1H. The summed E-state index contributed by atoms with van der Waals surface area (Å²) in [5, 5.41) is 10.7. The molecule has 2 N–H and O–H groups in total. The number of nitrogens with one attached hydrogen (secondary N) is 2. The van der Waals surface area contributed by atoms with E-state index in [1.807, 2.05) is 6.07 Å². The number of rotatable bonds is 7. The Balaban J connectivity index is 0.00000484. The Hall–Kier alpha value is -0.790. The molecule has 0 spiro atoms. The summed E-state index contributed by atoms with van der Waals surface area (Å²) in [5.41, 5.74) is 1.36. The number of aromatic nitrogens is 1. The van der Waals surface area contributed by atoms with Crippen LogP contribution in [0.4, 0.5) is 0 Å². The highest BCUT2D eigenvalue weighted by atomic mass is 127. The van der Waals surface area contributed by atoms with E-state index < -0.39 is 0 Å². The molecule has 6 heteroatoms. The van der Waals surface area contributed by atoms with Crippen molar-refractivity contribution in [2.24, 2.45) is 10.4 Å². The molecule has 0 saturated carbocycles. The number of hydrogen-bond acceptors (Lipinski definition) is 3. The van der Waals surface area contributed by atoms with Gasteiger partial charge in [-0.2, -0.15) is 0 Å². The lowest BCUT2D eigenvalue weighted by molar-refractivity contribution is 0.365. The molecular weight excluding hydrogens is 403 g/mol. The number of nitrogens with zero attached hydrogens (tertiary/aromatic N) is 2. The maximum Gasteiger partial charge on any atom is 0.191 e. The van der Waals surface area contributed by atoms with Crippen LogP contribution in [0.2, 0.25) is 0 Å². The van der Waals surface area contributed by atoms with E-state index in [4.69, 9.17) is 4.52 Å². The van der Waals surface area contributed by atoms with E-state index in [0.717, 1.165) is 36.9 Å². The summed E-state index contributed by atoms with van der Waals surface area (Å²) in [7, 11) is 0. The van der Waals surface area contributed by atoms with Gasteiger partial charge >= 0.3 is 0 Å². The lowest BCUT2D eigenvalue weighted by atomic mass is 9.91. The molecule has 1 aromatic heterocycles. The lowest BCUT2D eigenvalue weighted by Gasteiger charge is -2.18. The second-order valence-electron chi connectivity index (χ2n) is 7.16. The molecular formula is C17H33IN4O. The van der Waals surface area contributed by atoms with E-state index in [1.165, 1.54) is 6.42 Å². The highest BCUT2D eigenvalue weighted by molar-refractivity contribution is 14.0. The molecule has 23 heavy (non-hydrogen) atoms. The van der Waals surface area contributed by atoms with Crippen molar-refractivity contribution in [2.45, 2.75) is 66.8 Å². The normalized spacial score (nSPS) is 12.2. The summed E-state index contributed by atoms with van der Waals surface area (Å²) in [6.07, 6.45) is 2.33. The maximum absolute atomic E-state index is 5.31. The molecule has 0 aliphatic heterocycles. The van der Waals surface area contributed by atoms with Crippen molar-refractivity contribution in [3.05, 3.63) is 17.5 Å². The van der Waals surface area contributed by atoms with Gasteiger partial charge in [0.15, 0.2) is 11.7 Å². The molecule has 1 aromatic rings. The molecule has 5 nitrogen and oxygen atoms in total. The smallest absolute Gasteiger partial charge is 0.191 e. The molecule has 0 aliphatic carbocycles. The van der Waals surface area contributed by atoms with Crippen molar-refractivity contribution in [3.63, 3.8) is 0 Å². The molecule has 0 unspecified atom stereocenters. The van der Waals surface area contributed by atoms with Gasteiger partial charge in [-0.05, 0) is 31.1 Å². The highest BCUT2D eigenvalue weighted by Gasteiger charge is 2.10. The van der Waals surface area contributed by atoms with Gasteiger partial charge in [-0.25, -0.2) is 4.99 Å². The number of hydrogen-bond donors (Lipinski definition) is 2. The van der Waals surface area contributed by atoms with Gasteiger partial charge in [0.25, 0.3) is 0 Å².